The standard InChI is InChI=1S/C22H29F3N2O2/c1-3-5-21(26)29-19-10-8-16(9-11-19)12-15(2)27-14-20(28)17-6-4-7-18(13-17)22(23,24)25/h4,6-11,13,15,20-21,27-28H,3,5,12,14,26H2,1-2H3. The predicted octanol–water partition coefficient (Wildman–Crippen LogP) is 4.42. The van der Waals surface area contributed by atoms with E-state index in [0.717, 1.165) is 36.3 Å². The third kappa shape index (κ3) is 7.68. The molecule has 7 heteroatoms. The molecule has 0 amide bonds. The average Bonchev–Trinajstić information content (AvgIpc) is 2.67. The monoisotopic (exact) mass is 410 g/mol. The Morgan fingerprint density at radius 1 is 1.14 bits per heavy atom. The summed E-state index contributed by atoms with van der Waals surface area (Å²) in [6.45, 7) is 4.17. The van der Waals surface area contributed by atoms with Crippen molar-refractivity contribution in [3.05, 3.63) is 65.2 Å². The van der Waals surface area contributed by atoms with Crippen LogP contribution in [0.5, 0.6) is 5.75 Å². The van der Waals surface area contributed by atoms with Gasteiger partial charge in [-0.05, 0) is 55.2 Å². The van der Waals surface area contributed by atoms with Crippen LogP contribution in [0.4, 0.5) is 13.2 Å². The number of nitrogens with two attached hydrogens (primary N) is 1. The summed E-state index contributed by atoms with van der Waals surface area (Å²) in [5.74, 6) is 0.718. The molecule has 0 bridgehead atoms. The lowest BCUT2D eigenvalue weighted by molar-refractivity contribution is -0.137. The van der Waals surface area contributed by atoms with Crippen LogP contribution in [0.3, 0.4) is 0 Å². The van der Waals surface area contributed by atoms with Crippen LogP contribution >= 0.6 is 0 Å². The van der Waals surface area contributed by atoms with Gasteiger partial charge in [-0.3, -0.25) is 5.73 Å². The minimum atomic E-state index is -4.42. The van der Waals surface area contributed by atoms with Gasteiger partial charge in [-0.15, -0.1) is 0 Å². The molecule has 29 heavy (non-hydrogen) atoms. The zero-order valence-corrected chi connectivity index (χ0v) is 16.7. The van der Waals surface area contributed by atoms with Gasteiger partial charge >= 0.3 is 6.18 Å². The summed E-state index contributed by atoms with van der Waals surface area (Å²) in [6.07, 6.45) is -3.31. The van der Waals surface area contributed by atoms with Gasteiger partial charge in [-0.25, -0.2) is 0 Å². The SMILES string of the molecule is CCCC(N)Oc1ccc(CC(C)NCC(O)c2cccc(C(F)(F)F)c2)cc1. The zero-order valence-electron chi connectivity index (χ0n) is 16.7. The van der Waals surface area contributed by atoms with Gasteiger partial charge in [0.2, 0.25) is 0 Å². The van der Waals surface area contributed by atoms with Gasteiger partial charge in [0.05, 0.1) is 11.7 Å². The number of benzene rings is 2. The Labute approximate surface area is 169 Å². The predicted molar refractivity (Wildman–Crippen MR) is 108 cm³/mol. The molecule has 0 heterocycles. The van der Waals surface area contributed by atoms with Crippen molar-refractivity contribution in [1.82, 2.24) is 5.32 Å². The molecule has 2 aromatic carbocycles. The molecule has 0 saturated heterocycles. The largest absolute Gasteiger partial charge is 0.476 e. The summed E-state index contributed by atoms with van der Waals surface area (Å²) in [7, 11) is 0. The van der Waals surface area contributed by atoms with E-state index in [1.165, 1.54) is 12.1 Å². The molecule has 0 aliphatic rings. The third-order valence-corrected chi connectivity index (χ3v) is 4.58. The second-order valence-electron chi connectivity index (χ2n) is 7.24. The Morgan fingerprint density at radius 2 is 1.83 bits per heavy atom. The van der Waals surface area contributed by atoms with Gasteiger partial charge in [0.25, 0.3) is 0 Å². The van der Waals surface area contributed by atoms with Gasteiger partial charge in [0.15, 0.2) is 0 Å². The molecule has 3 atom stereocenters. The minimum Gasteiger partial charge on any atom is -0.476 e. The molecule has 0 radical (unpaired) electrons. The van der Waals surface area contributed by atoms with Gasteiger partial charge in [0, 0.05) is 12.6 Å². The second kappa shape index (κ2) is 10.6. The highest BCUT2D eigenvalue weighted by molar-refractivity contribution is 5.28. The van der Waals surface area contributed by atoms with Crippen molar-refractivity contribution in [2.45, 2.75) is 57.7 Å². The van der Waals surface area contributed by atoms with Crippen LogP contribution in [0.15, 0.2) is 48.5 Å². The molecule has 0 saturated carbocycles. The molecule has 160 valence electrons. The maximum absolute atomic E-state index is 12.8. The van der Waals surface area contributed by atoms with Crippen LogP contribution in [0.1, 0.15) is 49.5 Å². The first-order valence-electron chi connectivity index (χ1n) is 9.78. The van der Waals surface area contributed by atoms with Crippen LogP contribution in [0, 0.1) is 0 Å². The van der Waals surface area contributed by atoms with Crippen molar-refractivity contribution < 1.29 is 23.0 Å². The van der Waals surface area contributed by atoms with Gasteiger partial charge < -0.3 is 15.2 Å². The van der Waals surface area contributed by atoms with E-state index in [1.54, 1.807) is 0 Å². The quantitative estimate of drug-likeness (QED) is 0.507. The van der Waals surface area contributed by atoms with E-state index in [2.05, 4.69) is 5.32 Å². The summed E-state index contributed by atoms with van der Waals surface area (Å²) in [5.41, 5.74) is 6.42. The van der Waals surface area contributed by atoms with Gasteiger partial charge in [-0.1, -0.05) is 37.6 Å². The lowest BCUT2D eigenvalue weighted by atomic mass is 10.0. The highest BCUT2D eigenvalue weighted by Crippen LogP contribution is 2.30. The zero-order chi connectivity index (χ0) is 21.4. The topological polar surface area (TPSA) is 67.5 Å². The first kappa shape index (κ1) is 23.2. The fourth-order valence-electron chi connectivity index (χ4n) is 3.00. The fraction of sp³-hybridized carbons (Fsp3) is 0.455. The molecule has 0 fully saturated rings. The normalized spacial score (nSPS) is 15.0. The summed E-state index contributed by atoms with van der Waals surface area (Å²) >= 11 is 0. The molecule has 4 N–H and O–H groups in total. The number of aliphatic hydroxyl groups excluding tert-OH is 1. The third-order valence-electron chi connectivity index (χ3n) is 4.58. The van der Waals surface area contributed by atoms with E-state index >= 15 is 0 Å². The Bertz CT molecular complexity index is 750. The molecule has 0 aliphatic heterocycles. The lowest BCUT2D eigenvalue weighted by Crippen LogP contribution is -2.32. The molecule has 2 rings (SSSR count). The summed E-state index contributed by atoms with van der Waals surface area (Å²) in [4.78, 5) is 0. The second-order valence-corrected chi connectivity index (χ2v) is 7.24. The van der Waals surface area contributed by atoms with Crippen LogP contribution < -0.4 is 15.8 Å². The van der Waals surface area contributed by atoms with Crippen molar-refractivity contribution >= 4 is 0 Å². The van der Waals surface area contributed by atoms with E-state index in [4.69, 9.17) is 10.5 Å². The highest BCUT2D eigenvalue weighted by atomic mass is 19.4. The Kier molecular flexibility index (Phi) is 8.49. The van der Waals surface area contributed by atoms with Crippen molar-refractivity contribution in [1.29, 1.82) is 0 Å². The number of alkyl halides is 3. The summed E-state index contributed by atoms with van der Waals surface area (Å²) in [5, 5.41) is 13.4. The minimum absolute atomic E-state index is 0.0320. The molecule has 4 nitrogen and oxygen atoms in total. The first-order valence-corrected chi connectivity index (χ1v) is 9.78. The highest BCUT2D eigenvalue weighted by Gasteiger charge is 2.30. The number of nitrogens with one attached hydrogen (secondary N) is 1. The number of hydrogen-bond donors (Lipinski definition) is 3. The van der Waals surface area contributed by atoms with Crippen molar-refractivity contribution in [3.8, 4) is 5.75 Å². The van der Waals surface area contributed by atoms with Gasteiger partial charge in [0.1, 0.15) is 12.0 Å². The van der Waals surface area contributed by atoms with Crippen molar-refractivity contribution in [2.75, 3.05) is 6.54 Å². The van der Waals surface area contributed by atoms with E-state index in [-0.39, 0.29) is 24.4 Å². The Hall–Kier alpha value is -2.09. The number of rotatable bonds is 10. The van der Waals surface area contributed by atoms with Gasteiger partial charge in [-0.2, -0.15) is 13.2 Å². The number of hydrogen-bond acceptors (Lipinski definition) is 4. The number of aliphatic hydroxyl groups is 1. The first-order chi connectivity index (χ1) is 13.7. The smallest absolute Gasteiger partial charge is 0.416 e. The van der Waals surface area contributed by atoms with Crippen molar-refractivity contribution in [3.63, 3.8) is 0 Å². The Morgan fingerprint density at radius 3 is 2.45 bits per heavy atom. The van der Waals surface area contributed by atoms with Crippen LogP contribution in [0.2, 0.25) is 0 Å². The molecule has 0 aliphatic carbocycles. The van der Waals surface area contributed by atoms with Crippen molar-refractivity contribution in [2.24, 2.45) is 5.73 Å². The van der Waals surface area contributed by atoms with E-state index in [9.17, 15) is 18.3 Å². The Balaban J connectivity index is 1.84. The molecule has 0 spiro atoms. The molecular formula is C22H29F3N2O2. The fourth-order valence-corrected chi connectivity index (χ4v) is 3.00. The summed E-state index contributed by atoms with van der Waals surface area (Å²) < 4.78 is 44.1. The molecule has 3 unspecified atom stereocenters. The van der Waals surface area contributed by atoms with Crippen LogP contribution in [0.25, 0.3) is 0 Å². The summed E-state index contributed by atoms with van der Waals surface area (Å²) in [6, 6.07) is 12.5. The van der Waals surface area contributed by atoms with E-state index in [0.29, 0.717) is 6.42 Å². The number of ether oxygens (including phenoxy) is 1. The van der Waals surface area contributed by atoms with E-state index in [1.807, 2.05) is 38.1 Å². The average molecular weight is 410 g/mol. The number of halogens is 3. The molecule has 2 aromatic rings. The lowest BCUT2D eigenvalue weighted by Gasteiger charge is -2.19. The van der Waals surface area contributed by atoms with Crippen LogP contribution in [-0.2, 0) is 12.6 Å². The maximum atomic E-state index is 12.8. The maximum Gasteiger partial charge on any atom is 0.416 e. The molecular weight excluding hydrogens is 381 g/mol. The van der Waals surface area contributed by atoms with E-state index < -0.39 is 17.8 Å². The van der Waals surface area contributed by atoms with Crippen LogP contribution in [-0.4, -0.2) is 23.9 Å². The molecule has 0 aromatic heterocycles.